The predicted molar refractivity (Wildman–Crippen MR) is 70.9 cm³/mol. The van der Waals surface area contributed by atoms with E-state index < -0.39 is 17.4 Å². The highest BCUT2D eigenvalue weighted by molar-refractivity contribution is 5.99. The Balaban J connectivity index is 2.29. The highest BCUT2D eigenvalue weighted by atomic mass is 16.4. The zero-order valence-electron chi connectivity index (χ0n) is 10.7. The highest BCUT2D eigenvalue weighted by Gasteiger charge is 2.29. The Morgan fingerprint density at radius 1 is 1.26 bits per heavy atom. The Morgan fingerprint density at radius 3 is 2.63 bits per heavy atom. The number of carboxylic acids is 1. The number of carbonyl (C=O) groups excluding carboxylic acids is 1. The molecule has 0 atom stereocenters. The molecule has 0 fully saturated rings. The first kappa shape index (κ1) is 13.0. The van der Waals surface area contributed by atoms with Crippen molar-refractivity contribution in [3.63, 3.8) is 0 Å². The molecule has 1 aromatic heterocycles. The summed E-state index contributed by atoms with van der Waals surface area (Å²) in [6.45, 7) is 2.86. The SMILES string of the molecule is CC(C)(NC(=O)c1cnc2ccccc2c1)C(=O)O. The molecule has 0 bridgehead atoms. The summed E-state index contributed by atoms with van der Waals surface area (Å²) in [5.74, 6) is -1.54. The van der Waals surface area contributed by atoms with E-state index in [-0.39, 0.29) is 0 Å². The number of nitrogens with one attached hydrogen (secondary N) is 1. The molecule has 0 spiro atoms. The lowest BCUT2D eigenvalue weighted by Gasteiger charge is -2.20. The van der Waals surface area contributed by atoms with Gasteiger partial charge in [0.05, 0.1) is 11.1 Å². The van der Waals surface area contributed by atoms with Gasteiger partial charge in [0, 0.05) is 11.6 Å². The van der Waals surface area contributed by atoms with Crippen LogP contribution < -0.4 is 5.32 Å². The molecule has 98 valence electrons. The third-order valence-electron chi connectivity index (χ3n) is 2.81. The Hall–Kier alpha value is -2.43. The fourth-order valence-electron chi connectivity index (χ4n) is 1.60. The second kappa shape index (κ2) is 4.68. The topological polar surface area (TPSA) is 79.3 Å². The molecule has 0 radical (unpaired) electrons. The zero-order valence-corrected chi connectivity index (χ0v) is 10.7. The van der Waals surface area contributed by atoms with Crippen LogP contribution in [0.4, 0.5) is 0 Å². The summed E-state index contributed by atoms with van der Waals surface area (Å²) in [5.41, 5.74) is -0.188. The fraction of sp³-hybridized carbons (Fsp3) is 0.214. The molecule has 1 amide bonds. The molecule has 2 aromatic rings. The van der Waals surface area contributed by atoms with Crippen LogP contribution in [0.25, 0.3) is 10.9 Å². The first-order chi connectivity index (χ1) is 8.90. The maximum Gasteiger partial charge on any atom is 0.328 e. The summed E-state index contributed by atoms with van der Waals surface area (Å²) in [6, 6.07) is 9.10. The largest absolute Gasteiger partial charge is 0.480 e. The van der Waals surface area contributed by atoms with Crippen molar-refractivity contribution >= 4 is 22.8 Å². The van der Waals surface area contributed by atoms with E-state index in [1.165, 1.54) is 20.0 Å². The molecular weight excluding hydrogens is 244 g/mol. The van der Waals surface area contributed by atoms with Crippen LogP contribution in [0.1, 0.15) is 24.2 Å². The molecule has 0 saturated carbocycles. The van der Waals surface area contributed by atoms with Gasteiger partial charge in [0.2, 0.25) is 0 Å². The van der Waals surface area contributed by atoms with E-state index in [2.05, 4.69) is 10.3 Å². The van der Waals surface area contributed by atoms with Crippen molar-refractivity contribution in [3.8, 4) is 0 Å². The molecule has 1 aromatic carbocycles. The monoisotopic (exact) mass is 258 g/mol. The Bertz CT molecular complexity index is 650. The molecule has 2 N–H and O–H groups in total. The third kappa shape index (κ3) is 2.70. The van der Waals surface area contributed by atoms with E-state index in [9.17, 15) is 9.59 Å². The lowest BCUT2D eigenvalue weighted by atomic mass is 10.1. The van der Waals surface area contributed by atoms with E-state index in [1.54, 1.807) is 6.07 Å². The van der Waals surface area contributed by atoms with Gasteiger partial charge in [-0.25, -0.2) is 4.79 Å². The number of para-hydroxylation sites is 1. The van der Waals surface area contributed by atoms with Crippen molar-refractivity contribution in [2.24, 2.45) is 0 Å². The van der Waals surface area contributed by atoms with E-state index >= 15 is 0 Å². The van der Waals surface area contributed by atoms with Crippen molar-refractivity contribution in [2.75, 3.05) is 0 Å². The number of carbonyl (C=O) groups is 2. The van der Waals surface area contributed by atoms with Gasteiger partial charge in [-0.1, -0.05) is 18.2 Å². The van der Waals surface area contributed by atoms with Gasteiger partial charge in [0.1, 0.15) is 5.54 Å². The molecule has 0 aliphatic carbocycles. The molecular formula is C14H14N2O3. The van der Waals surface area contributed by atoms with Crippen LogP contribution in [-0.2, 0) is 4.79 Å². The van der Waals surface area contributed by atoms with Gasteiger partial charge in [0.15, 0.2) is 0 Å². The van der Waals surface area contributed by atoms with E-state index in [0.29, 0.717) is 5.56 Å². The number of fused-ring (bicyclic) bond motifs is 1. The molecule has 0 unspecified atom stereocenters. The Labute approximate surface area is 110 Å². The van der Waals surface area contributed by atoms with Gasteiger partial charge in [-0.2, -0.15) is 0 Å². The summed E-state index contributed by atoms with van der Waals surface area (Å²) in [4.78, 5) is 27.1. The lowest BCUT2D eigenvalue weighted by molar-refractivity contribution is -0.143. The standard InChI is InChI=1S/C14H14N2O3/c1-14(2,13(18)19)16-12(17)10-7-9-5-3-4-6-11(9)15-8-10/h3-8H,1-2H3,(H,16,17)(H,18,19). The van der Waals surface area contributed by atoms with Gasteiger partial charge >= 0.3 is 5.97 Å². The molecule has 0 aliphatic heterocycles. The molecule has 0 saturated heterocycles. The van der Waals surface area contributed by atoms with E-state index in [4.69, 9.17) is 5.11 Å². The quantitative estimate of drug-likeness (QED) is 0.880. The van der Waals surface area contributed by atoms with Crippen LogP contribution in [0.2, 0.25) is 0 Å². The second-order valence-corrected chi connectivity index (χ2v) is 4.80. The smallest absolute Gasteiger partial charge is 0.328 e. The molecule has 19 heavy (non-hydrogen) atoms. The maximum absolute atomic E-state index is 12.0. The number of rotatable bonds is 3. The van der Waals surface area contributed by atoms with Crippen LogP contribution in [-0.4, -0.2) is 27.5 Å². The van der Waals surface area contributed by atoms with Crippen molar-refractivity contribution in [3.05, 3.63) is 42.1 Å². The average molecular weight is 258 g/mol. The number of hydrogen-bond acceptors (Lipinski definition) is 3. The number of hydrogen-bond donors (Lipinski definition) is 2. The van der Waals surface area contributed by atoms with Crippen LogP contribution in [0.5, 0.6) is 0 Å². The number of pyridine rings is 1. The van der Waals surface area contributed by atoms with Gasteiger partial charge in [-0.3, -0.25) is 9.78 Å². The molecule has 5 nitrogen and oxygen atoms in total. The minimum atomic E-state index is -1.32. The van der Waals surface area contributed by atoms with Crippen LogP contribution in [0, 0.1) is 0 Å². The predicted octanol–water partition coefficient (Wildman–Crippen LogP) is 1.83. The molecule has 5 heteroatoms. The number of carboxylic acid groups (broad SMARTS) is 1. The lowest BCUT2D eigenvalue weighted by Crippen LogP contribution is -2.49. The normalized spacial score (nSPS) is 11.3. The minimum Gasteiger partial charge on any atom is -0.480 e. The number of aromatic nitrogens is 1. The van der Waals surface area contributed by atoms with E-state index in [0.717, 1.165) is 10.9 Å². The summed E-state index contributed by atoms with van der Waals surface area (Å²) >= 11 is 0. The van der Waals surface area contributed by atoms with Gasteiger partial charge < -0.3 is 10.4 Å². The first-order valence-corrected chi connectivity index (χ1v) is 5.81. The van der Waals surface area contributed by atoms with Crippen LogP contribution >= 0.6 is 0 Å². The molecule has 2 rings (SSSR count). The number of nitrogens with zero attached hydrogens (tertiary/aromatic N) is 1. The third-order valence-corrected chi connectivity index (χ3v) is 2.81. The minimum absolute atomic E-state index is 0.341. The van der Waals surface area contributed by atoms with Crippen molar-refractivity contribution in [1.82, 2.24) is 10.3 Å². The second-order valence-electron chi connectivity index (χ2n) is 4.80. The molecule has 1 heterocycles. The van der Waals surface area contributed by atoms with Crippen molar-refractivity contribution in [2.45, 2.75) is 19.4 Å². The highest BCUT2D eigenvalue weighted by Crippen LogP contribution is 2.13. The Morgan fingerprint density at radius 2 is 1.95 bits per heavy atom. The number of amides is 1. The number of benzene rings is 1. The summed E-state index contributed by atoms with van der Waals surface area (Å²) in [5, 5.41) is 12.3. The fourth-order valence-corrected chi connectivity index (χ4v) is 1.60. The zero-order chi connectivity index (χ0) is 14.0. The van der Waals surface area contributed by atoms with Crippen LogP contribution in [0.3, 0.4) is 0 Å². The maximum atomic E-state index is 12.0. The van der Waals surface area contributed by atoms with Gasteiger partial charge in [-0.15, -0.1) is 0 Å². The van der Waals surface area contributed by atoms with Crippen LogP contribution in [0.15, 0.2) is 36.5 Å². The first-order valence-electron chi connectivity index (χ1n) is 5.81. The van der Waals surface area contributed by atoms with Crippen molar-refractivity contribution < 1.29 is 14.7 Å². The summed E-state index contributed by atoms with van der Waals surface area (Å²) in [7, 11) is 0. The Kier molecular flexibility index (Phi) is 3.21. The summed E-state index contributed by atoms with van der Waals surface area (Å²) < 4.78 is 0. The molecule has 0 aliphatic rings. The average Bonchev–Trinajstić information content (AvgIpc) is 2.37. The van der Waals surface area contributed by atoms with Gasteiger partial charge in [-0.05, 0) is 26.0 Å². The van der Waals surface area contributed by atoms with E-state index in [1.807, 2.05) is 24.3 Å². The summed E-state index contributed by atoms with van der Waals surface area (Å²) in [6.07, 6.45) is 1.44. The number of aliphatic carboxylic acids is 1. The van der Waals surface area contributed by atoms with Crippen molar-refractivity contribution in [1.29, 1.82) is 0 Å². The van der Waals surface area contributed by atoms with Gasteiger partial charge in [0.25, 0.3) is 5.91 Å².